The van der Waals surface area contributed by atoms with Crippen LogP contribution < -0.4 is 5.73 Å². The summed E-state index contributed by atoms with van der Waals surface area (Å²) in [5, 5.41) is 0.696. The van der Waals surface area contributed by atoms with E-state index in [2.05, 4.69) is 9.88 Å². The summed E-state index contributed by atoms with van der Waals surface area (Å²) in [6.07, 6.45) is 4.18. The normalized spacial score (nSPS) is 13.2. The maximum atomic E-state index is 5.97. The number of nitrogens with two attached hydrogens (primary N) is 1. The summed E-state index contributed by atoms with van der Waals surface area (Å²) in [5.74, 6) is 0. The summed E-state index contributed by atoms with van der Waals surface area (Å²) < 4.78 is 0. The van der Waals surface area contributed by atoms with Gasteiger partial charge in [-0.2, -0.15) is 0 Å². The first-order chi connectivity index (χ1) is 6.59. The van der Waals surface area contributed by atoms with E-state index in [0.717, 1.165) is 18.5 Å². The number of pyridine rings is 1. The molecule has 1 aromatic heterocycles. The van der Waals surface area contributed by atoms with Crippen molar-refractivity contribution in [3.63, 3.8) is 0 Å². The molecule has 0 amide bonds. The van der Waals surface area contributed by atoms with Crippen molar-refractivity contribution in [1.82, 2.24) is 9.88 Å². The number of nitrogens with zero attached hydrogens (tertiary/aromatic N) is 2. The van der Waals surface area contributed by atoms with Gasteiger partial charge in [-0.3, -0.25) is 4.98 Å². The summed E-state index contributed by atoms with van der Waals surface area (Å²) in [6.45, 7) is 0.860. The van der Waals surface area contributed by atoms with E-state index >= 15 is 0 Å². The Hall–Kier alpha value is -0.640. The Morgan fingerprint density at radius 1 is 1.57 bits per heavy atom. The summed E-state index contributed by atoms with van der Waals surface area (Å²) in [6, 6.07) is 2.03. The molecule has 0 saturated heterocycles. The fourth-order valence-electron chi connectivity index (χ4n) is 1.39. The topological polar surface area (TPSA) is 42.1 Å². The van der Waals surface area contributed by atoms with E-state index in [1.54, 1.807) is 12.4 Å². The molecule has 0 aliphatic heterocycles. The Kier molecular flexibility index (Phi) is 4.32. The van der Waals surface area contributed by atoms with E-state index < -0.39 is 0 Å². The van der Waals surface area contributed by atoms with Gasteiger partial charge in [0.2, 0.25) is 0 Å². The fraction of sp³-hybridized carbons (Fsp3) is 0.500. The minimum absolute atomic E-state index is 0.116. The summed E-state index contributed by atoms with van der Waals surface area (Å²) in [4.78, 5) is 6.00. The van der Waals surface area contributed by atoms with Crippen LogP contribution in [-0.2, 0) is 6.42 Å². The summed E-state index contributed by atoms with van der Waals surface area (Å²) in [5.41, 5.74) is 7.02. The largest absolute Gasteiger partial charge is 0.326 e. The predicted molar refractivity (Wildman–Crippen MR) is 59.5 cm³/mol. The van der Waals surface area contributed by atoms with Crippen molar-refractivity contribution in [2.24, 2.45) is 5.73 Å². The number of aromatic nitrogens is 1. The highest BCUT2D eigenvalue weighted by molar-refractivity contribution is 6.31. The molecule has 14 heavy (non-hydrogen) atoms. The van der Waals surface area contributed by atoms with Gasteiger partial charge in [0.25, 0.3) is 0 Å². The third-order valence-electron chi connectivity index (χ3n) is 1.94. The van der Waals surface area contributed by atoms with Crippen molar-refractivity contribution in [2.75, 3.05) is 20.6 Å². The third kappa shape index (κ3) is 3.62. The van der Waals surface area contributed by atoms with Crippen LogP contribution in [0.1, 0.15) is 5.56 Å². The molecular weight excluding hydrogens is 198 g/mol. The molecule has 1 rings (SSSR count). The highest BCUT2D eigenvalue weighted by Gasteiger charge is 2.07. The Bertz CT molecular complexity index is 288. The third-order valence-corrected chi connectivity index (χ3v) is 2.28. The first-order valence-electron chi connectivity index (χ1n) is 4.58. The Balaban J connectivity index is 2.56. The van der Waals surface area contributed by atoms with Gasteiger partial charge < -0.3 is 10.6 Å². The van der Waals surface area contributed by atoms with Crippen LogP contribution in [-0.4, -0.2) is 36.6 Å². The van der Waals surface area contributed by atoms with Crippen molar-refractivity contribution in [3.8, 4) is 0 Å². The van der Waals surface area contributed by atoms with Gasteiger partial charge in [0.1, 0.15) is 0 Å². The van der Waals surface area contributed by atoms with Gasteiger partial charge in [-0.05, 0) is 32.1 Å². The number of hydrogen-bond acceptors (Lipinski definition) is 3. The molecule has 0 fully saturated rings. The molecule has 1 unspecified atom stereocenters. The SMILES string of the molecule is CN(C)CC(N)Cc1ccncc1Cl. The second-order valence-corrected chi connectivity index (χ2v) is 4.10. The Morgan fingerprint density at radius 3 is 2.86 bits per heavy atom. The molecule has 0 saturated carbocycles. The smallest absolute Gasteiger partial charge is 0.0621 e. The molecule has 4 heteroatoms. The maximum absolute atomic E-state index is 5.97. The lowest BCUT2D eigenvalue weighted by molar-refractivity contribution is 0.371. The lowest BCUT2D eigenvalue weighted by atomic mass is 10.1. The van der Waals surface area contributed by atoms with E-state index in [9.17, 15) is 0 Å². The molecule has 78 valence electrons. The van der Waals surface area contributed by atoms with Crippen LogP contribution in [0.3, 0.4) is 0 Å². The van der Waals surface area contributed by atoms with Gasteiger partial charge in [-0.15, -0.1) is 0 Å². The molecule has 0 spiro atoms. The first kappa shape index (κ1) is 11.4. The Labute approximate surface area is 89.9 Å². The predicted octanol–water partition coefficient (Wildman–Crippen LogP) is 1.17. The maximum Gasteiger partial charge on any atom is 0.0621 e. The molecule has 0 aliphatic rings. The zero-order chi connectivity index (χ0) is 10.6. The highest BCUT2D eigenvalue weighted by Crippen LogP contribution is 2.14. The standard InChI is InChI=1S/C10H16ClN3/c1-14(2)7-9(12)5-8-3-4-13-6-10(8)11/h3-4,6,9H,5,7,12H2,1-2H3. The van der Waals surface area contributed by atoms with Crippen molar-refractivity contribution in [1.29, 1.82) is 0 Å². The average Bonchev–Trinajstić information content (AvgIpc) is 2.07. The van der Waals surface area contributed by atoms with E-state index in [1.807, 2.05) is 20.2 Å². The molecule has 0 aromatic carbocycles. The van der Waals surface area contributed by atoms with Gasteiger partial charge in [0.05, 0.1) is 5.02 Å². The van der Waals surface area contributed by atoms with Crippen LogP contribution in [0.15, 0.2) is 18.5 Å². The minimum atomic E-state index is 0.116. The lowest BCUT2D eigenvalue weighted by Crippen LogP contribution is -2.34. The molecule has 1 aromatic rings. The van der Waals surface area contributed by atoms with Gasteiger partial charge >= 0.3 is 0 Å². The Morgan fingerprint density at radius 2 is 2.29 bits per heavy atom. The van der Waals surface area contributed by atoms with Crippen LogP contribution >= 0.6 is 11.6 Å². The number of rotatable bonds is 4. The molecular formula is C10H16ClN3. The first-order valence-corrected chi connectivity index (χ1v) is 4.96. The van der Waals surface area contributed by atoms with Crippen molar-refractivity contribution >= 4 is 11.6 Å². The van der Waals surface area contributed by atoms with Gasteiger partial charge in [-0.25, -0.2) is 0 Å². The molecule has 3 nitrogen and oxygen atoms in total. The van der Waals surface area contributed by atoms with Gasteiger partial charge in [0.15, 0.2) is 0 Å². The molecule has 2 N–H and O–H groups in total. The van der Waals surface area contributed by atoms with Crippen LogP contribution in [0.2, 0.25) is 5.02 Å². The lowest BCUT2D eigenvalue weighted by Gasteiger charge is -2.17. The van der Waals surface area contributed by atoms with Crippen LogP contribution in [0.4, 0.5) is 0 Å². The highest BCUT2D eigenvalue weighted by atomic mass is 35.5. The number of hydrogen-bond donors (Lipinski definition) is 1. The van der Waals surface area contributed by atoms with Crippen molar-refractivity contribution < 1.29 is 0 Å². The van der Waals surface area contributed by atoms with Crippen LogP contribution in [0.25, 0.3) is 0 Å². The fourth-order valence-corrected chi connectivity index (χ4v) is 1.58. The monoisotopic (exact) mass is 213 g/mol. The van der Waals surface area contributed by atoms with E-state index in [-0.39, 0.29) is 6.04 Å². The minimum Gasteiger partial charge on any atom is -0.326 e. The van der Waals surface area contributed by atoms with Gasteiger partial charge in [0, 0.05) is 25.0 Å². The molecule has 0 aliphatic carbocycles. The molecule has 1 atom stereocenters. The zero-order valence-electron chi connectivity index (χ0n) is 8.57. The van der Waals surface area contributed by atoms with Crippen molar-refractivity contribution in [3.05, 3.63) is 29.0 Å². The van der Waals surface area contributed by atoms with E-state index in [1.165, 1.54) is 0 Å². The van der Waals surface area contributed by atoms with Gasteiger partial charge in [-0.1, -0.05) is 11.6 Å². The van der Waals surface area contributed by atoms with Crippen LogP contribution in [0, 0.1) is 0 Å². The summed E-state index contributed by atoms with van der Waals surface area (Å²) >= 11 is 5.97. The zero-order valence-corrected chi connectivity index (χ0v) is 9.33. The van der Waals surface area contributed by atoms with Crippen LogP contribution in [0.5, 0.6) is 0 Å². The second kappa shape index (κ2) is 5.29. The van der Waals surface area contributed by atoms with Crippen molar-refractivity contribution in [2.45, 2.75) is 12.5 Å². The quantitative estimate of drug-likeness (QED) is 0.817. The number of halogens is 1. The molecule has 1 heterocycles. The molecule has 0 radical (unpaired) electrons. The second-order valence-electron chi connectivity index (χ2n) is 3.69. The summed E-state index contributed by atoms with van der Waals surface area (Å²) in [7, 11) is 4.02. The van der Waals surface area contributed by atoms with E-state index in [0.29, 0.717) is 5.02 Å². The van der Waals surface area contributed by atoms with E-state index in [4.69, 9.17) is 17.3 Å². The molecule has 0 bridgehead atoms. The number of likely N-dealkylation sites (N-methyl/N-ethyl adjacent to an activating group) is 1. The average molecular weight is 214 g/mol.